The van der Waals surface area contributed by atoms with E-state index in [4.69, 9.17) is 5.73 Å². The van der Waals surface area contributed by atoms with E-state index in [1.807, 2.05) is 13.0 Å². The summed E-state index contributed by atoms with van der Waals surface area (Å²) in [5.74, 6) is 5.74. The normalized spacial score (nSPS) is 8.83. The monoisotopic (exact) mass is 161 g/mol. The second-order valence-corrected chi connectivity index (χ2v) is 2.47. The highest BCUT2D eigenvalue weighted by molar-refractivity contribution is 5.50. The maximum atomic E-state index is 9.37. The standard InChI is InChI=1S/C10H11NO/c1-8-4-2-6-10(12)9(8)5-3-7-11/h2,4,6,12H,7,11H2,1H3. The van der Waals surface area contributed by atoms with E-state index >= 15 is 0 Å². The highest BCUT2D eigenvalue weighted by Crippen LogP contribution is 2.18. The summed E-state index contributed by atoms with van der Waals surface area (Å²) in [6.07, 6.45) is 0. The molecule has 0 amide bonds. The van der Waals surface area contributed by atoms with E-state index in [1.54, 1.807) is 12.1 Å². The molecule has 12 heavy (non-hydrogen) atoms. The van der Waals surface area contributed by atoms with Crippen molar-refractivity contribution in [2.24, 2.45) is 5.73 Å². The summed E-state index contributed by atoms with van der Waals surface area (Å²) in [5, 5.41) is 9.37. The Labute approximate surface area is 72.0 Å². The minimum absolute atomic E-state index is 0.218. The summed E-state index contributed by atoms with van der Waals surface area (Å²) >= 11 is 0. The predicted octanol–water partition coefficient (Wildman–Crippen LogP) is 1.01. The summed E-state index contributed by atoms with van der Waals surface area (Å²) in [6.45, 7) is 2.22. The molecule has 2 heteroatoms. The molecule has 0 radical (unpaired) electrons. The molecule has 1 aromatic rings. The van der Waals surface area contributed by atoms with Crippen LogP contribution in [0.3, 0.4) is 0 Å². The third kappa shape index (κ3) is 1.77. The Balaban J connectivity index is 3.13. The van der Waals surface area contributed by atoms with Gasteiger partial charge in [-0.25, -0.2) is 0 Å². The van der Waals surface area contributed by atoms with Crippen molar-refractivity contribution in [3.63, 3.8) is 0 Å². The van der Waals surface area contributed by atoms with Gasteiger partial charge in [0.1, 0.15) is 5.75 Å². The van der Waals surface area contributed by atoms with Gasteiger partial charge < -0.3 is 10.8 Å². The van der Waals surface area contributed by atoms with Crippen LogP contribution in [-0.2, 0) is 0 Å². The van der Waals surface area contributed by atoms with Gasteiger partial charge in [0.15, 0.2) is 0 Å². The largest absolute Gasteiger partial charge is 0.507 e. The molecule has 2 nitrogen and oxygen atoms in total. The van der Waals surface area contributed by atoms with Gasteiger partial charge in [-0.15, -0.1) is 0 Å². The molecule has 0 saturated carbocycles. The van der Waals surface area contributed by atoms with Gasteiger partial charge in [-0.1, -0.05) is 24.0 Å². The number of benzene rings is 1. The maximum absolute atomic E-state index is 9.37. The molecule has 1 rings (SSSR count). The summed E-state index contributed by atoms with van der Waals surface area (Å²) in [4.78, 5) is 0. The smallest absolute Gasteiger partial charge is 0.131 e. The van der Waals surface area contributed by atoms with E-state index in [1.165, 1.54) is 0 Å². The van der Waals surface area contributed by atoms with Gasteiger partial charge in [-0.2, -0.15) is 0 Å². The van der Waals surface area contributed by atoms with Crippen LogP contribution in [0.1, 0.15) is 11.1 Å². The van der Waals surface area contributed by atoms with Crippen LogP contribution in [0.5, 0.6) is 5.75 Å². The Morgan fingerprint density at radius 1 is 1.50 bits per heavy atom. The van der Waals surface area contributed by atoms with Gasteiger partial charge in [0, 0.05) is 0 Å². The van der Waals surface area contributed by atoms with Gasteiger partial charge in [0.2, 0.25) is 0 Å². The van der Waals surface area contributed by atoms with Crippen LogP contribution >= 0.6 is 0 Å². The second-order valence-electron chi connectivity index (χ2n) is 2.47. The number of nitrogens with two attached hydrogens (primary N) is 1. The quantitative estimate of drug-likeness (QED) is 0.558. The summed E-state index contributed by atoms with van der Waals surface area (Å²) in [6, 6.07) is 5.31. The average molecular weight is 161 g/mol. The molecule has 0 heterocycles. The van der Waals surface area contributed by atoms with Gasteiger partial charge >= 0.3 is 0 Å². The Morgan fingerprint density at radius 3 is 2.83 bits per heavy atom. The molecule has 0 aliphatic heterocycles. The first-order chi connectivity index (χ1) is 5.75. The fraction of sp³-hybridized carbons (Fsp3) is 0.200. The lowest BCUT2D eigenvalue weighted by Gasteiger charge is -1.99. The van der Waals surface area contributed by atoms with Crippen LogP contribution in [0.15, 0.2) is 18.2 Å². The van der Waals surface area contributed by atoms with Crippen LogP contribution in [0.25, 0.3) is 0 Å². The molecule has 0 bridgehead atoms. The SMILES string of the molecule is Cc1cccc(O)c1C#CCN. The number of aryl methyl sites for hydroxylation is 1. The van der Waals surface area contributed by atoms with Crippen LogP contribution in [-0.4, -0.2) is 11.7 Å². The summed E-state index contributed by atoms with van der Waals surface area (Å²) in [7, 11) is 0. The van der Waals surface area contributed by atoms with Crippen molar-refractivity contribution in [1.29, 1.82) is 0 Å². The van der Waals surface area contributed by atoms with Crippen LogP contribution in [0.2, 0.25) is 0 Å². The van der Waals surface area contributed by atoms with E-state index in [0.717, 1.165) is 5.56 Å². The van der Waals surface area contributed by atoms with Crippen LogP contribution in [0.4, 0.5) is 0 Å². The molecule has 0 aliphatic carbocycles. The fourth-order valence-corrected chi connectivity index (χ4v) is 0.954. The molecule has 0 aliphatic rings. The highest BCUT2D eigenvalue weighted by atomic mass is 16.3. The number of rotatable bonds is 0. The van der Waals surface area contributed by atoms with Crippen LogP contribution < -0.4 is 5.73 Å². The van der Waals surface area contributed by atoms with Crippen molar-refractivity contribution in [2.45, 2.75) is 6.92 Å². The fourth-order valence-electron chi connectivity index (χ4n) is 0.954. The molecule has 3 N–H and O–H groups in total. The van der Waals surface area contributed by atoms with Crippen molar-refractivity contribution in [1.82, 2.24) is 0 Å². The average Bonchev–Trinajstić information content (AvgIpc) is 2.04. The van der Waals surface area contributed by atoms with Crippen molar-refractivity contribution in [3.8, 4) is 17.6 Å². The highest BCUT2D eigenvalue weighted by Gasteiger charge is 1.98. The first-order valence-electron chi connectivity index (χ1n) is 3.73. The molecule has 0 atom stereocenters. The van der Waals surface area contributed by atoms with Gasteiger partial charge in [0.25, 0.3) is 0 Å². The molecule has 0 fully saturated rings. The first-order valence-corrected chi connectivity index (χ1v) is 3.73. The lowest BCUT2D eigenvalue weighted by Crippen LogP contribution is -1.93. The van der Waals surface area contributed by atoms with Crippen molar-refractivity contribution < 1.29 is 5.11 Å². The summed E-state index contributed by atoms with van der Waals surface area (Å²) in [5.41, 5.74) is 6.86. The minimum Gasteiger partial charge on any atom is -0.507 e. The Morgan fingerprint density at radius 2 is 2.25 bits per heavy atom. The molecule has 1 aromatic carbocycles. The minimum atomic E-state index is 0.218. The number of hydrogen-bond donors (Lipinski definition) is 2. The van der Waals surface area contributed by atoms with E-state index in [9.17, 15) is 5.11 Å². The molecule has 0 spiro atoms. The lowest BCUT2D eigenvalue weighted by atomic mass is 10.1. The molecule has 0 saturated heterocycles. The number of aromatic hydroxyl groups is 1. The first kappa shape index (κ1) is 8.63. The number of hydrogen-bond acceptors (Lipinski definition) is 2. The van der Waals surface area contributed by atoms with Crippen molar-refractivity contribution in [3.05, 3.63) is 29.3 Å². The number of phenolic OH excluding ortho intramolecular Hbond substituents is 1. The Bertz CT molecular complexity index is 313. The molecule has 0 aromatic heterocycles. The van der Waals surface area contributed by atoms with E-state index in [-0.39, 0.29) is 5.75 Å². The van der Waals surface area contributed by atoms with Crippen molar-refractivity contribution in [2.75, 3.05) is 6.54 Å². The molecular weight excluding hydrogens is 150 g/mol. The molecule has 62 valence electrons. The lowest BCUT2D eigenvalue weighted by molar-refractivity contribution is 0.473. The van der Waals surface area contributed by atoms with E-state index < -0.39 is 0 Å². The third-order valence-corrected chi connectivity index (χ3v) is 1.57. The zero-order valence-electron chi connectivity index (χ0n) is 6.96. The second kappa shape index (κ2) is 3.80. The molecule has 0 unspecified atom stereocenters. The topological polar surface area (TPSA) is 46.2 Å². The maximum Gasteiger partial charge on any atom is 0.131 e. The third-order valence-electron chi connectivity index (χ3n) is 1.57. The summed E-state index contributed by atoms with van der Waals surface area (Å²) < 4.78 is 0. The van der Waals surface area contributed by atoms with E-state index in [2.05, 4.69) is 11.8 Å². The Hall–Kier alpha value is -1.46. The van der Waals surface area contributed by atoms with E-state index in [0.29, 0.717) is 12.1 Å². The number of phenols is 1. The van der Waals surface area contributed by atoms with Gasteiger partial charge in [0.05, 0.1) is 12.1 Å². The van der Waals surface area contributed by atoms with Crippen molar-refractivity contribution >= 4 is 0 Å². The van der Waals surface area contributed by atoms with Gasteiger partial charge in [-0.05, 0) is 18.6 Å². The zero-order valence-corrected chi connectivity index (χ0v) is 6.96. The van der Waals surface area contributed by atoms with Gasteiger partial charge in [-0.3, -0.25) is 0 Å². The Kier molecular flexibility index (Phi) is 2.73. The molecular formula is C10H11NO. The predicted molar refractivity (Wildman–Crippen MR) is 48.8 cm³/mol. The zero-order chi connectivity index (χ0) is 8.97. The van der Waals surface area contributed by atoms with Crippen LogP contribution in [0, 0.1) is 18.8 Å².